The topological polar surface area (TPSA) is 61.4 Å². The van der Waals surface area contributed by atoms with E-state index in [1.807, 2.05) is 4.90 Å². The average Bonchev–Trinajstić information content (AvgIpc) is 3.33. The van der Waals surface area contributed by atoms with Gasteiger partial charge in [-0.05, 0) is 60.1 Å². The van der Waals surface area contributed by atoms with Gasteiger partial charge in [-0.15, -0.1) is 12.4 Å². The van der Waals surface area contributed by atoms with E-state index in [1.54, 1.807) is 0 Å². The van der Waals surface area contributed by atoms with Crippen molar-refractivity contribution >= 4 is 41.9 Å². The average molecular weight is 464 g/mol. The summed E-state index contributed by atoms with van der Waals surface area (Å²) >= 11 is 0. The summed E-state index contributed by atoms with van der Waals surface area (Å²) in [5, 5.41) is 5.99. The molecule has 5 nitrogen and oxygen atoms in total. The van der Waals surface area contributed by atoms with E-state index in [0.29, 0.717) is 13.1 Å². The molecule has 0 spiro atoms. The third-order valence-electron chi connectivity index (χ3n) is 6.77. The van der Waals surface area contributed by atoms with Gasteiger partial charge in [0.25, 0.3) is 0 Å². The van der Waals surface area contributed by atoms with E-state index in [-0.39, 0.29) is 36.8 Å². The number of hydrogen-bond acceptors (Lipinski definition) is 3. The zero-order valence-corrected chi connectivity index (χ0v) is 19.5. The Balaban J connectivity index is 0.00000259. The predicted octanol–water partition coefficient (Wildman–Crippen LogP) is 3.88. The van der Waals surface area contributed by atoms with Crippen LogP contribution in [0.3, 0.4) is 0 Å². The van der Waals surface area contributed by atoms with Gasteiger partial charge < -0.3 is 15.5 Å². The van der Waals surface area contributed by atoms with Crippen LogP contribution in [0.1, 0.15) is 47.9 Å². The van der Waals surface area contributed by atoms with Crippen LogP contribution < -0.4 is 10.6 Å². The van der Waals surface area contributed by atoms with Crippen LogP contribution in [0.5, 0.6) is 0 Å². The molecule has 2 saturated heterocycles. The highest BCUT2D eigenvalue weighted by Crippen LogP contribution is 2.38. The fraction of sp³-hybridized carbons (Fsp3) is 0.333. The molecular formula is C27H30ClN3O2. The van der Waals surface area contributed by atoms with Gasteiger partial charge in [-0.25, -0.2) is 0 Å². The highest BCUT2D eigenvalue weighted by Gasteiger charge is 2.26. The molecule has 2 amide bonds. The second-order valence-corrected chi connectivity index (χ2v) is 8.73. The summed E-state index contributed by atoms with van der Waals surface area (Å²) in [6.45, 7) is 2.33. The van der Waals surface area contributed by atoms with Gasteiger partial charge >= 0.3 is 0 Å². The Morgan fingerprint density at radius 1 is 0.939 bits per heavy atom. The van der Waals surface area contributed by atoms with E-state index in [9.17, 15) is 9.59 Å². The van der Waals surface area contributed by atoms with E-state index in [4.69, 9.17) is 0 Å². The SMILES string of the molecule is Cl.O=C(NCC(=O)N1CCC(=C2c3ccccc3C=Cc3ccccc32)CC1)[C@@H]1CCCN1. The maximum atomic E-state index is 12.7. The molecule has 0 unspecified atom stereocenters. The van der Waals surface area contributed by atoms with Gasteiger partial charge in [-0.2, -0.15) is 0 Å². The zero-order chi connectivity index (χ0) is 21.9. The first-order valence-electron chi connectivity index (χ1n) is 11.6. The quantitative estimate of drug-likeness (QED) is 0.619. The third kappa shape index (κ3) is 4.90. The molecule has 0 saturated carbocycles. The minimum atomic E-state index is -0.149. The second kappa shape index (κ2) is 10.4. The Labute approximate surface area is 201 Å². The summed E-state index contributed by atoms with van der Waals surface area (Å²) < 4.78 is 0. The largest absolute Gasteiger partial charge is 0.346 e. The molecule has 2 heterocycles. The van der Waals surface area contributed by atoms with Crippen molar-refractivity contribution in [1.82, 2.24) is 15.5 Å². The smallest absolute Gasteiger partial charge is 0.241 e. The number of nitrogens with one attached hydrogen (secondary N) is 2. The molecule has 2 N–H and O–H groups in total. The van der Waals surface area contributed by atoms with Crippen molar-refractivity contribution in [3.63, 3.8) is 0 Å². The Bertz CT molecular complexity index is 1040. The van der Waals surface area contributed by atoms with Crippen LogP contribution in [-0.4, -0.2) is 48.9 Å². The van der Waals surface area contributed by atoms with Crippen LogP contribution in [0.25, 0.3) is 17.7 Å². The Morgan fingerprint density at radius 2 is 1.55 bits per heavy atom. The molecule has 2 aromatic carbocycles. The Kier molecular flexibility index (Phi) is 7.31. The van der Waals surface area contributed by atoms with Crippen LogP contribution in [0.2, 0.25) is 0 Å². The van der Waals surface area contributed by atoms with Crippen molar-refractivity contribution in [2.75, 3.05) is 26.2 Å². The molecular weight excluding hydrogens is 434 g/mol. The lowest BCUT2D eigenvalue weighted by Crippen LogP contribution is -2.47. The number of piperidine rings is 1. The summed E-state index contributed by atoms with van der Waals surface area (Å²) in [5.41, 5.74) is 7.70. The number of carbonyl (C=O) groups is 2. The first kappa shape index (κ1) is 23.3. The number of rotatable bonds is 3. The number of hydrogen-bond donors (Lipinski definition) is 2. The van der Waals surface area contributed by atoms with E-state index < -0.39 is 0 Å². The Hall–Kier alpha value is -2.89. The van der Waals surface area contributed by atoms with E-state index >= 15 is 0 Å². The van der Waals surface area contributed by atoms with Crippen molar-refractivity contribution in [3.05, 3.63) is 76.4 Å². The molecule has 2 aromatic rings. The van der Waals surface area contributed by atoms with Crippen molar-refractivity contribution in [2.45, 2.75) is 31.7 Å². The van der Waals surface area contributed by atoms with Crippen molar-refractivity contribution in [3.8, 4) is 0 Å². The maximum absolute atomic E-state index is 12.7. The van der Waals surface area contributed by atoms with Crippen LogP contribution in [-0.2, 0) is 9.59 Å². The normalized spacial score (nSPS) is 19.3. The number of amides is 2. The predicted molar refractivity (Wildman–Crippen MR) is 135 cm³/mol. The summed E-state index contributed by atoms with van der Waals surface area (Å²) in [5.74, 6) is -0.0569. The molecule has 2 fully saturated rings. The molecule has 1 atom stereocenters. The summed E-state index contributed by atoms with van der Waals surface area (Å²) in [4.78, 5) is 26.8. The molecule has 2 aliphatic heterocycles. The van der Waals surface area contributed by atoms with Gasteiger partial charge in [0.15, 0.2) is 0 Å². The highest BCUT2D eigenvalue weighted by molar-refractivity contribution is 5.95. The number of halogens is 1. The molecule has 5 rings (SSSR count). The molecule has 0 aromatic heterocycles. The minimum absolute atomic E-state index is 0. The summed E-state index contributed by atoms with van der Waals surface area (Å²) in [6, 6.07) is 16.9. The fourth-order valence-electron chi connectivity index (χ4n) is 5.03. The van der Waals surface area contributed by atoms with Gasteiger partial charge in [0, 0.05) is 13.1 Å². The van der Waals surface area contributed by atoms with Crippen LogP contribution >= 0.6 is 12.4 Å². The van der Waals surface area contributed by atoms with Gasteiger partial charge in [0.1, 0.15) is 0 Å². The molecule has 0 radical (unpaired) electrons. The summed E-state index contributed by atoms with van der Waals surface area (Å²) in [7, 11) is 0. The summed E-state index contributed by atoms with van der Waals surface area (Å²) in [6.07, 6.45) is 7.95. The standard InChI is InChI=1S/C27H29N3O2.ClH/c31-25(18-29-27(32)24-10-5-15-28-24)30-16-13-21(14-17-30)26-22-8-3-1-6-19(22)11-12-20-7-2-4-9-23(20)26;/h1-4,6-9,11-12,24,28H,5,10,13-18H2,(H,29,32);1H/t24-;/m0./s1. The second-order valence-electron chi connectivity index (χ2n) is 8.73. The van der Waals surface area contributed by atoms with Crippen molar-refractivity contribution < 1.29 is 9.59 Å². The Morgan fingerprint density at radius 3 is 2.12 bits per heavy atom. The molecule has 1 aliphatic carbocycles. The lowest BCUT2D eigenvalue weighted by molar-refractivity contribution is -0.133. The van der Waals surface area contributed by atoms with E-state index in [2.05, 4.69) is 71.3 Å². The van der Waals surface area contributed by atoms with Crippen LogP contribution in [0.4, 0.5) is 0 Å². The molecule has 33 heavy (non-hydrogen) atoms. The monoisotopic (exact) mass is 463 g/mol. The van der Waals surface area contributed by atoms with Gasteiger partial charge in [-0.1, -0.05) is 66.3 Å². The van der Waals surface area contributed by atoms with E-state index in [1.165, 1.54) is 33.4 Å². The van der Waals surface area contributed by atoms with Crippen molar-refractivity contribution in [2.24, 2.45) is 0 Å². The number of fused-ring (bicyclic) bond motifs is 2. The molecule has 172 valence electrons. The molecule has 6 heteroatoms. The highest BCUT2D eigenvalue weighted by atomic mass is 35.5. The minimum Gasteiger partial charge on any atom is -0.346 e. The van der Waals surface area contributed by atoms with Crippen molar-refractivity contribution in [1.29, 1.82) is 0 Å². The number of likely N-dealkylation sites (tertiary alicyclic amines) is 1. The number of carbonyl (C=O) groups excluding carboxylic acids is 2. The number of nitrogens with zero attached hydrogens (tertiary/aromatic N) is 1. The lowest BCUT2D eigenvalue weighted by atomic mass is 9.86. The molecule has 0 bridgehead atoms. The first-order chi connectivity index (χ1) is 15.7. The molecule has 3 aliphatic rings. The van der Waals surface area contributed by atoms with Gasteiger partial charge in [0.05, 0.1) is 12.6 Å². The first-order valence-corrected chi connectivity index (χ1v) is 11.6. The maximum Gasteiger partial charge on any atom is 0.241 e. The van der Waals surface area contributed by atoms with Gasteiger partial charge in [0.2, 0.25) is 11.8 Å². The third-order valence-corrected chi connectivity index (χ3v) is 6.77. The number of benzene rings is 2. The zero-order valence-electron chi connectivity index (χ0n) is 18.7. The van der Waals surface area contributed by atoms with Crippen LogP contribution in [0.15, 0.2) is 54.1 Å². The fourth-order valence-corrected chi connectivity index (χ4v) is 5.03. The lowest BCUT2D eigenvalue weighted by Gasteiger charge is -2.31. The van der Waals surface area contributed by atoms with Gasteiger partial charge in [-0.3, -0.25) is 9.59 Å². The van der Waals surface area contributed by atoms with Crippen LogP contribution in [0, 0.1) is 0 Å². The van der Waals surface area contributed by atoms with E-state index in [0.717, 1.165) is 32.2 Å².